The van der Waals surface area contributed by atoms with E-state index in [2.05, 4.69) is 4.74 Å². The van der Waals surface area contributed by atoms with Crippen molar-refractivity contribution < 1.29 is 27.5 Å². The first-order valence-corrected chi connectivity index (χ1v) is 9.83. The second-order valence-electron chi connectivity index (χ2n) is 7.07. The van der Waals surface area contributed by atoms with Crippen molar-refractivity contribution in [3.63, 3.8) is 0 Å². The van der Waals surface area contributed by atoms with Crippen LogP contribution in [0.15, 0.2) is 72.4 Å². The second kappa shape index (κ2) is 8.16. The molecule has 162 valence electrons. The number of Topliss-reactive ketones (excluding diaryl/α,β-unsaturated/α-hetero) is 1. The average Bonchev–Trinajstić information content (AvgIpc) is 2.99. The Balaban J connectivity index is 1.61. The van der Waals surface area contributed by atoms with Crippen molar-refractivity contribution in [2.45, 2.75) is 13.3 Å². The number of ether oxygens (including phenoxy) is 1. The number of ketones is 1. The molecule has 0 spiro atoms. The number of carbonyl (C=O) groups excluding carboxylic acids is 2. The summed E-state index contributed by atoms with van der Waals surface area (Å²) in [6, 6.07) is 17.4. The molecule has 1 amide bonds. The van der Waals surface area contributed by atoms with Gasteiger partial charge in [-0.1, -0.05) is 48.0 Å². The normalized spacial score (nSPS) is 14.6. The largest absolute Gasteiger partial charge is 0.573 e. The lowest BCUT2D eigenvalue weighted by Crippen LogP contribution is -2.25. The van der Waals surface area contributed by atoms with Gasteiger partial charge in [-0.2, -0.15) is 0 Å². The lowest BCUT2D eigenvalue weighted by atomic mass is 10.0. The molecule has 3 aromatic rings. The third-order valence-corrected chi connectivity index (χ3v) is 5.10. The predicted octanol–water partition coefficient (Wildman–Crippen LogP) is 6.50. The summed E-state index contributed by atoms with van der Waals surface area (Å²) in [7, 11) is 0. The first-order chi connectivity index (χ1) is 15.1. The molecule has 32 heavy (non-hydrogen) atoms. The molecule has 1 aliphatic heterocycles. The number of benzene rings is 3. The highest BCUT2D eigenvalue weighted by Crippen LogP contribution is 2.37. The number of amides is 1. The van der Waals surface area contributed by atoms with Gasteiger partial charge in [-0.05, 0) is 53.1 Å². The molecule has 0 aromatic heterocycles. The van der Waals surface area contributed by atoms with Gasteiger partial charge >= 0.3 is 6.36 Å². The van der Waals surface area contributed by atoms with E-state index in [9.17, 15) is 22.8 Å². The van der Waals surface area contributed by atoms with Crippen molar-refractivity contribution in [1.82, 2.24) is 0 Å². The van der Waals surface area contributed by atoms with Crippen LogP contribution in [-0.4, -0.2) is 18.1 Å². The molecule has 0 saturated heterocycles. The number of hydrogen-bond donors (Lipinski definition) is 0. The van der Waals surface area contributed by atoms with Crippen LogP contribution in [0.4, 0.5) is 18.9 Å². The molecule has 0 unspecified atom stereocenters. The zero-order chi connectivity index (χ0) is 23.0. The molecular weight excluding hydrogens is 443 g/mol. The maximum atomic E-state index is 12.9. The monoisotopic (exact) mass is 457 g/mol. The minimum absolute atomic E-state index is 0.219. The summed E-state index contributed by atoms with van der Waals surface area (Å²) in [6.07, 6.45) is -3.13. The molecule has 8 heteroatoms. The van der Waals surface area contributed by atoms with Crippen LogP contribution < -0.4 is 9.64 Å². The number of nitrogens with zero attached hydrogens (tertiary/aromatic N) is 1. The zero-order valence-electron chi connectivity index (χ0n) is 16.6. The van der Waals surface area contributed by atoms with E-state index in [0.29, 0.717) is 27.4 Å². The Bertz CT molecular complexity index is 1230. The number of halogens is 4. The highest BCUT2D eigenvalue weighted by Gasteiger charge is 2.35. The Labute approximate surface area is 186 Å². The number of fused-ring (bicyclic) bond motifs is 1. The summed E-state index contributed by atoms with van der Waals surface area (Å²) in [5.41, 5.74) is 3.20. The lowest BCUT2D eigenvalue weighted by Gasteiger charge is -2.16. The van der Waals surface area contributed by atoms with Crippen LogP contribution in [0.3, 0.4) is 0 Å². The standard InChI is InChI=1S/C24H15ClF3NO3/c1-14(30)29-21-11-8-18(25)13-20(21)23(31)22(29)12-15-2-4-16(5-3-15)17-6-9-19(10-7-17)32-24(26,27)28/h2-13H,1H3/b22-12+. The number of rotatable bonds is 3. The SMILES string of the molecule is CC(=O)N1/C(=C/c2ccc(-c3ccc(OC(F)(F)F)cc3)cc2)C(=O)c2cc(Cl)ccc21. The van der Waals surface area contributed by atoms with Crippen LogP contribution in [0.25, 0.3) is 17.2 Å². The molecule has 4 rings (SSSR count). The van der Waals surface area contributed by atoms with Crippen molar-refractivity contribution >= 4 is 35.1 Å². The van der Waals surface area contributed by atoms with E-state index in [0.717, 1.165) is 5.56 Å². The van der Waals surface area contributed by atoms with Crippen LogP contribution in [-0.2, 0) is 4.79 Å². The summed E-state index contributed by atoms with van der Waals surface area (Å²) >= 11 is 6.00. The fourth-order valence-electron chi connectivity index (χ4n) is 3.50. The molecule has 0 saturated carbocycles. The third kappa shape index (κ3) is 4.38. The van der Waals surface area contributed by atoms with E-state index in [-0.39, 0.29) is 23.1 Å². The van der Waals surface area contributed by atoms with Crippen molar-refractivity contribution in [2.24, 2.45) is 0 Å². The molecule has 0 atom stereocenters. The van der Waals surface area contributed by atoms with Gasteiger partial charge in [0.15, 0.2) is 0 Å². The Morgan fingerprint density at radius 2 is 1.56 bits per heavy atom. The van der Waals surface area contributed by atoms with Crippen molar-refractivity contribution in [3.05, 3.63) is 88.6 Å². The molecule has 3 aromatic carbocycles. The van der Waals surface area contributed by atoms with E-state index in [4.69, 9.17) is 11.6 Å². The Morgan fingerprint density at radius 3 is 2.12 bits per heavy atom. The smallest absolute Gasteiger partial charge is 0.406 e. The maximum Gasteiger partial charge on any atom is 0.573 e. The quantitative estimate of drug-likeness (QED) is 0.422. The summed E-state index contributed by atoms with van der Waals surface area (Å²) < 4.78 is 40.8. The summed E-state index contributed by atoms with van der Waals surface area (Å²) in [5, 5.41) is 0.401. The van der Waals surface area contributed by atoms with Gasteiger partial charge in [0.2, 0.25) is 11.7 Å². The molecule has 1 heterocycles. The average molecular weight is 458 g/mol. The number of anilines is 1. The van der Waals surface area contributed by atoms with Gasteiger partial charge in [0, 0.05) is 17.5 Å². The van der Waals surface area contributed by atoms with Gasteiger partial charge in [0.1, 0.15) is 5.75 Å². The first kappa shape index (κ1) is 21.6. The first-order valence-electron chi connectivity index (χ1n) is 9.45. The minimum Gasteiger partial charge on any atom is -0.406 e. The van der Waals surface area contributed by atoms with Gasteiger partial charge in [-0.3, -0.25) is 14.5 Å². The van der Waals surface area contributed by atoms with Crippen LogP contribution >= 0.6 is 11.6 Å². The Kier molecular flexibility index (Phi) is 5.52. The van der Waals surface area contributed by atoms with E-state index in [1.165, 1.54) is 42.2 Å². The Hall–Kier alpha value is -3.58. The fraction of sp³-hybridized carbons (Fsp3) is 0.0833. The zero-order valence-corrected chi connectivity index (χ0v) is 17.4. The molecule has 0 fully saturated rings. The molecule has 0 radical (unpaired) electrons. The van der Waals surface area contributed by atoms with Crippen molar-refractivity contribution in [1.29, 1.82) is 0 Å². The highest BCUT2D eigenvalue weighted by molar-refractivity contribution is 6.33. The van der Waals surface area contributed by atoms with Crippen LogP contribution in [0, 0.1) is 0 Å². The summed E-state index contributed by atoms with van der Waals surface area (Å²) in [5.74, 6) is -0.906. The summed E-state index contributed by atoms with van der Waals surface area (Å²) in [4.78, 5) is 26.4. The molecule has 0 N–H and O–H groups in total. The van der Waals surface area contributed by atoms with Gasteiger partial charge < -0.3 is 4.74 Å². The maximum absolute atomic E-state index is 12.9. The topological polar surface area (TPSA) is 46.6 Å². The lowest BCUT2D eigenvalue weighted by molar-refractivity contribution is -0.274. The molecule has 4 nitrogen and oxygen atoms in total. The van der Waals surface area contributed by atoms with Crippen LogP contribution in [0.1, 0.15) is 22.8 Å². The number of hydrogen-bond acceptors (Lipinski definition) is 3. The van der Waals surface area contributed by atoms with E-state index in [1.807, 2.05) is 0 Å². The number of carbonyl (C=O) groups is 2. The van der Waals surface area contributed by atoms with Crippen LogP contribution in [0.5, 0.6) is 5.75 Å². The van der Waals surface area contributed by atoms with Gasteiger partial charge in [0.05, 0.1) is 11.4 Å². The minimum atomic E-state index is -4.74. The Morgan fingerprint density at radius 1 is 0.969 bits per heavy atom. The fourth-order valence-corrected chi connectivity index (χ4v) is 3.67. The molecular formula is C24H15ClF3NO3. The second-order valence-corrected chi connectivity index (χ2v) is 7.51. The predicted molar refractivity (Wildman–Crippen MR) is 115 cm³/mol. The van der Waals surface area contributed by atoms with E-state index >= 15 is 0 Å². The van der Waals surface area contributed by atoms with E-state index in [1.54, 1.807) is 42.5 Å². The summed E-state index contributed by atoms with van der Waals surface area (Å²) in [6.45, 7) is 1.38. The molecule has 0 bridgehead atoms. The number of allylic oxidation sites excluding steroid dienone is 1. The van der Waals surface area contributed by atoms with Gasteiger partial charge in [-0.15, -0.1) is 13.2 Å². The molecule has 0 aliphatic carbocycles. The van der Waals surface area contributed by atoms with Crippen molar-refractivity contribution in [3.8, 4) is 16.9 Å². The third-order valence-electron chi connectivity index (χ3n) is 4.87. The van der Waals surface area contributed by atoms with Crippen molar-refractivity contribution in [2.75, 3.05) is 4.90 Å². The van der Waals surface area contributed by atoms with Crippen LogP contribution in [0.2, 0.25) is 5.02 Å². The highest BCUT2D eigenvalue weighted by atomic mass is 35.5. The van der Waals surface area contributed by atoms with Gasteiger partial charge in [0.25, 0.3) is 0 Å². The number of alkyl halides is 3. The molecule has 1 aliphatic rings. The van der Waals surface area contributed by atoms with E-state index < -0.39 is 6.36 Å². The van der Waals surface area contributed by atoms with Gasteiger partial charge in [-0.25, -0.2) is 0 Å².